The topological polar surface area (TPSA) is 0 Å². The largest absolute Gasteiger partial charge is 1.00 e. The number of hydrogen-bond donors (Lipinski definition) is 0. The van der Waals surface area contributed by atoms with Crippen LogP contribution in [0.2, 0.25) is 0 Å². The second-order valence-corrected chi connectivity index (χ2v) is 3.40. The number of hydrogen-bond acceptors (Lipinski definition) is 0. The van der Waals surface area contributed by atoms with Crippen molar-refractivity contribution in [2.45, 2.75) is 6.42 Å². The summed E-state index contributed by atoms with van der Waals surface area (Å²) in [6, 6.07) is 18.1. The van der Waals surface area contributed by atoms with Gasteiger partial charge in [-0.05, 0) is 6.42 Å². The zero-order valence-electron chi connectivity index (χ0n) is 8.25. The summed E-state index contributed by atoms with van der Waals surface area (Å²) in [7, 11) is 0. The number of benzene rings is 2. The molecule has 2 aromatic carbocycles. The van der Waals surface area contributed by atoms with Crippen molar-refractivity contribution < 1.29 is 68.9 Å². The van der Waals surface area contributed by atoms with Gasteiger partial charge in [0.15, 0.2) is 0 Å². The molecule has 1 aliphatic carbocycles. The quantitative estimate of drug-likeness (QED) is 0.515. The molecular formula is C13H9Cs. The molecule has 14 heavy (non-hydrogen) atoms. The maximum atomic E-state index is 3.30. The van der Waals surface area contributed by atoms with Crippen LogP contribution < -0.4 is 68.9 Å². The van der Waals surface area contributed by atoms with E-state index in [4.69, 9.17) is 0 Å². The average Bonchev–Trinajstić information content (AvgIpc) is 2.56. The van der Waals surface area contributed by atoms with Crippen LogP contribution in [0, 0.1) is 6.07 Å². The Morgan fingerprint density at radius 2 is 1.71 bits per heavy atom. The van der Waals surface area contributed by atoms with Crippen molar-refractivity contribution in [3.05, 3.63) is 59.7 Å². The Labute approximate surface area is 143 Å². The van der Waals surface area contributed by atoms with Gasteiger partial charge in [0.05, 0.1) is 0 Å². The predicted octanol–water partition coefficient (Wildman–Crippen LogP) is 0.0620. The monoisotopic (exact) mass is 298 g/mol. The molecule has 0 atom stereocenters. The third-order valence-electron chi connectivity index (χ3n) is 2.62. The SMILES string of the molecule is [Cs+].[c-]1cccc2c1Cc1ccccc1-2. The summed E-state index contributed by atoms with van der Waals surface area (Å²) in [5, 5.41) is 0. The van der Waals surface area contributed by atoms with Gasteiger partial charge in [0, 0.05) is 0 Å². The van der Waals surface area contributed by atoms with Gasteiger partial charge >= 0.3 is 68.9 Å². The molecule has 0 aliphatic heterocycles. The van der Waals surface area contributed by atoms with Crippen LogP contribution in [0.25, 0.3) is 11.1 Å². The van der Waals surface area contributed by atoms with E-state index in [1.807, 2.05) is 6.07 Å². The second kappa shape index (κ2) is 4.56. The molecule has 0 amide bonds. The Balaban J connectivity index is 0.000000750. The van der Waals surface area contributed by atoms with E-state index in [0.717, 1.165) is 6.42 Å². The number of fused-ring (bicyclic) bond motifs is 3. The van der Waals surface area contributed by atoms with E-state index in [9.17, 15) is 0 Å². The first kappa shape index (κ1) is 11.0. The maximum Gasteiger partial charge on any atom is 1.00 e. The predicted molar refractivity (Wildman–Crippen MR) is 53.5 cm³/mol. The first-order valence-corrected chi connectivity index (χ1v) is 4.53. The Morgan fingerprint density at radius 1 is 0.929 bits per heavy atom. The van der Waals surface area contributed by atoms with E-state index in [0.29, 0.717) is 0 Å². The summed E-state index contributed by atoms with van der Waals surface area (Å²) in [5.41, 5.74) is 5.51. The minimum atomic E-state index is 0. The van der Waals surface area contributed by atoms with Gasteiger partial charge in [-0.1, -0.05) is 35.4 Å². The molecule has 0 N–H and O–H groups in total. The van der Waals surface area contributed by atoms with Crippen LogP contribution in [-0.2, 0) is 6.42 Å². The minimum absolute atomic E-state index is 0. The van der Waals surface area contributed by atoms with Gasteiger partial charge in [0.25, 0.3) is 0 Å². The summed E-state index contributed by atoms with van der Waals surface area (Å²) in [4.78, 5) is 0. The molecule has 1 aliphatic rings. The van der Waals surface area contributed by atoms with Gasteiger partial charge in [-0.15, -0.1) is 5.56 Å². The molecule has 2 aromatic rings. The molecule has 0 aromatic heterocycles. The summed E-state index contributed by atoms with van der Waals surface area (Å²) >= 11 is 0. The zero-order chi connectivity index (χ0) is 8.67. The van der Waals surface area contributed by atoms with E-state index >= 15 is 0 Å². The van der Waals surface area contributed by atoms with Crippen molar-refractivity contribution in [2.24, 2.45) is 0 Å². The van der Waals surface area contributed by atoms with Crippen molar-refractivity contribution >= 4 is 0 Å². The molecule has 0 fully saturated rings. The Morgan fingerprint density at radius 3 is 2.64 bits per heavy atom. The Bertz CT molecular complexity index is 417. The fraction of sp³-hybridized carbons (Fsp3) is 0.0769. The van der Waals surface area contributed by atoms with Crippen molar-refractivity contribution in [2.75, 3.05) is 0 Å². The van der Waals surface area contributed by atoms with Crippen molar-refractivity contribution in [3.63, 3.8) is 0 Å². The third kappa shape index (κ3) is 1.77. The van der Waals surface area contributed by atoms with Crippen LogP contribution in [0.5, 0.6) is 0 Å². The van der Waals surface area contributed by atoms with Gasteiger partial charge in [-0.2, -0.15) is 29.8 Å². The molecule has 0 heterocycles. The Kier molecular flexibility index (Phi) is 3.58. The minimum Gasteiger partial charge on any atom is -0.179 e. The Hall–Kier alpha value is 0.492. The standard InChI is InChI=1S/C13H9.Cs/c1-3-7-12-10(5-1)9-11-6-2-4-8-13(11)12;/h1-5,7-8H,9H2;/q-1;+1. The summed E-state index contributed by atoms with van der Waals surface area (Å²) < 4.78 is 0. The van der Waals surface area contributed by atoms with E-state index in [1.54, 1.807) is 0 Å². The summed E-state index contributed by atoms with van der Waals surface area (Å²) in [5.74, 6) is 0. The van der Waals surface area contributed by atoms with Gasteiger partial charge in [-0.3, -0.25) is 0 Å². The first-order valence-electron chi connectivity index (χ1n) is 4.53. The molecule has 0 saturated carbocycles. The van der Waals surface area contributed by atoms with Crippen LogP contribution in [0.4, 0.5) is 0 Å². The van der Waals surface area contributed by atoms with E-state index in [2.05, 4.69) is 42.5 Å². The second-order valence-electron chi connectivity index (χ2n) is 3.40. The van der Waals surface area contributed by atoms with Crippen molar-refractivity contribution in [1.82, 2.24) is 0 Å². The smallest absolute Gasteiger partial charge is 0.179 e. The molecule has 0 nitrogen and oxygen atoms in total. The fourth-order valence-electron chi connectivity index (χ4n) is 2.00. The molecule has 0 saturated heterocycles. The van der Waals surface area contributed by atoms with Crippen LogP contribution in [-0.4, -0.2) is 0 Å². The van der Waals surface area contributed by atoms with Crippen LogP contribution in [0.3, 0.4) is 0 Å². The molecule has 62 valence electrons. The first-order chi connectivity index (χ1) is 6.45. The average molecular weight is 298 g/mol. The van der Waals surface area contributed by atoms with Gasteiger partial charge < -0.3 is 0 Å². The molecule has 0 radical (unpaired) electrons. The fourth-order valence-corrected chi connectivity index (χ4v) is 2.00. The molecule has 3 rings (SSSR count). The van der Waals surface area contributed by atoms with Gasteiger partial charge in [0.1, 0.15) is 0 Å². The van der Waals surface area contributed by atoms with Crippen molar-refractivity contribution in [3.8, 4) is 11.1 Å². The molecule has 1 heteroatoms. The molecule has 0 unspecified atom stereocenters. The number of rotatable bonds is 0. The third-order valence-corrected chi connectivity index (χ3v) is 2.62. The van der Waals surface area contributed by atoms with Crippen LogP contribution in [0.15, 0.2) is 42.5 Å². The molecule has 0 spiro atoms. The van der Waals surface area contributed by atoms with E-state index < -0.39 is 0 Å². The van der Waals surface area contributed by atoms with E-state index in [1.165, 1.54) is 22.3 Å². The van der Waals surface area contributed by atoms with E-state index in [-0.39, 0.29) is 68.9 Å². The maximum absolute atomic E-state index is 3.30. The summed E-state index contributed by atoms with van der Waals surface area (Å²) in [6.07, 6.45) is 1.05. The van der Waals surface area contributed by atoms with Gasteiger partial charge in [-0.25, -0.2) is 0 Å². The summed E-state index contributed by atoms with van der Waals surface area (Å²) in [6.45, 7) is 0. The van der Waals surface area contributed by atoms with Crippen LogP contribution >= 0.6 is 0 Å². The normalized spacial score (nSPS) is 11.4. The molecular weight excluding hydrogens is 289 g/mol. The zero-order valence-corrected chi connectivity index (χ0v) is 14.5. The van der Waals surface area contributed by atoms with Crippen molar-refractivity contribution in [1.29, 1.82) is 0 Å². The van der Waals surface area contributed by atoms with Gasteiger partial charge in [0.2, 0.25) is 0 Å². The van der Waals surface area contributed by atoms with Crippen LogP contribution in [0.1, 0.15) is 11.1 Å². The molecule has 0 bridgehead atoms.